The lowest BCUT2D eigenvalue weighted by Crippen LogP contribution is -2.67. The number of carbonyl (C=O) groups excluding carboxylic acids is 2. The van der Waals surface area contributed by atoms with Crippen molar-refractivity contribution in [1.29, 1.82) is 0 Å². The Hall–Kier alpha value is -3.48. The van der Waals surface area contributed by atoms with E-state index in [1.54, 1.807) is 21.7 Å². The molecule has 2 amide bonds. The average Bonchev–Trinajstić information content (AvgIpc) is 3.13. The molecule has 1 atom stereocenters. The van der Waals surface area contributed by atoms with Crippen molar-refractivity contribution in [3.63, 3.8) is 0 Å². The number of β-lactam (4-membered cyclic amide) rings is 1. The quantitative estimate of drug-likeness (QED) is 0.569. The molecule has 3 heterocycles. The van der Waals surface area contributed by atoms with Gasteiger partial charge in [-0.25, -0.2) is 4.39 Å². The van der Waals surface area contributed by atoms with Gasteiger partial charge in [0.25, 0.3) is 0 Å². The highest BCUT2D eigenvalue weighted by Gasteiger charge is 2.62. The van der Waals surface area contributed by atoms with Gasteiger partial charge in [-0.3, -0.25) is 14.3 Å². The summed E-state index contributed by atoms with van der Waals surface area (Å²) >= 11 is 0. The van der Waals surface area contributed by atoms with Crippen LogP contribution in [-0.4, -0.2) is 39.6 Å². The van der Waals surface area contributed by atoms with Crippen molar-refractivity contribution in [2.75, 3.05) is 18.0 Å². The van der Waals surface area contributed by atoms with E-state index in [1.807, 2.05) is 55.1 Å². The maximum absolute atomic E-state index is 13.9. The zero-order valence-electron chi connectivity index (χ0n) is 18.9. The van der Waals surface area contributed by atoms with Gasteiger partial charge in [-0.1, -0.05) is 36.4 Å². The van der Waals surface area contributed by atoms with Gasteiger partial charge in [-0.15, -0.1) is 0 Å². The first kappa shape index (κ1) is 21.4. The summed E-state index contributed by atoms with van der Waals surface area (Å²) in [4.78, 5) is 30.0. The molecule has 2 aliphatic rings. The second kappa shape index (κ2) is 8.14. The van der Waals surface area contributed by atoms with E-state index < -0.39 is 5.41 Å². The lowest BCUT2D eigenvalue weighted by Gasteiger charge is -2.59. The molecule has 0 bridgehead atoms. The maximum atomic E-state index is 13.9. The molecule has 2 saturated heterocycles. The van der Waals surface area contributed by atoms with Gasteiger partial charge in [-0.05, 0) is 56.5 Å². The minimum absolute atomic E-state index is 0.00703. The lowest BCUT2D eigenvalue weighted by molar-refractivity contribution is -0.149. The highest BCUT2D eigenvalue weighted by Crippen LogP contribution is 2.57. The minimum atomic E-state index is -0.581. The zero-order valence-corrected chi connectivity index (χ0v) is 18.9. The van der Waals surface area contributed by atoms with E-state index in [0.29, 0.717) is 31.6 Å². The number of rotatable bonds is 4. The monoisotopic (exact) mass is 446 g/mol. The molecule has 7 heteroatoms. The molecule has 1 unspecified atom stereocenters. The smallest absolute Gasteiger partial charge is 0.244 e. The second-order valence-electron chi connectivity index (χ2n) is 9.09. The van der Waals surface area contributed by atoms with Crippen molar-refractivity contribution in [2.45, 2.75) is 39.3 Å². The summed E-state index contributed by atoms with van der Waals surface area (Å²) in [5.41, 5.74) is 2.87. The third kappa shape index (κ3) is 3.61. The van der Waals surface area contributed by atoms with E-state index in [0.717, 1.165) is 17.0 Å². The number of amides is 2. The van der Waals surface area contributed by atoms with Crippen LogP contribution in [0.15, 0.2) is 60.7 Å². The number of likely N-dealkylation sites (tertiary alicyclic amines) is 1. The molecule has 1 aromatic heterocycles. The number of piperidine rings is 1. The van der Waals surface area contributed by atoms with Crippen molar-refractivity contribution < 1.29 is 14.0 Å². The largest absolute Gasteiger partial charge is 0.341 e. The molecule has 0 radical (unpaired) electrons. The van der Waals surface area contributed by atoms with Crippen LogP contribution in [0.2, 0.25) is 0 Å². The van der Waals surface area contributed by atoms with Gasteiger partial charge in [0.15, 0.2) is 0 Å². The van der Waals surface area contributed by atoms with Gasteiger partial charge in [0, 0.05) is 24.5 Å². The average molecular weight is 447 g/mol. The Kier molecular flexibility index (Phi) is 5.27. The summed E-state index contributed by atoms with van der Waals surface area (Å²) < 4.78 is 15.7. The number of benzene rings is 2. The van der Waals surface area contributed by atoms with Crippen LogP contribution >= 0.6 is 0 Å². The second-order valence-corrected chi connectivity index (χ2v) is 9.09. The Morgan fingerprint density at radius 2 is 1.79 bits per heavy atom. The number of nitrogens with zero attached hydrogens (tertiary/aromatic N) is 4. The van der Waals surface area contributed by atoms with E-state index in [4.69, 9.17) is 0 Å². The highest BCUT2D eigenvalue weighted by atomic mass is 19.1. The van der Waals surface area contributed by atoms with Crippen LogP contribution in [0.1, 0.15) is 35.8 Å². The van der Waals surface area contributed by atoms with Crippen LogP contribution in [0, 0.1) is 25.1 Å². The van der Waals surface area contributed by atoms with E-state index >= 15 is 0 Å². The Labute approximate surface area is 192 Å². The van der Waals surface area contributed by atoms with E-state index in [9.17, 15) is 14.0 Å². The number of hydrogen-bond acceptors (Lipinski definition) is 3. The molecule has 2 aliphatic heterocycles. The molecule has 1 spiro atoms. The molecule has 0 saturated carbocycles. The van der Waals surface area contributed by atoms with Crippen LogP contribution < -0.4 is 4.90 Å². The number of carbonyl (C=O) groups is 2. The molecule has 3 aromatic rings. The zero-order chi connectivity index (χ0) is 23.2. The van der Waals surface area contributed by atoms with Crippen molar-refractivity contribution in [1.82, 2.24) is 14.7 Å². The van der Waals surface area contributed by atoms with Crippen molar-refractivity contribution >= 4 is 17.5 Å². The first-order chi connectivity index (χ1) is 15.9. The fraction of sp³-hybridized carbons (Fsp3) is 0.346. The summed E-state index contributed by atoms with van der Waals surface area (Å²) in [6.07, 6.45) is 1.17. The maximum Gasteiger partial charge on any atom is 0.244 e. The first-order valence-electron chi connectivity index (χ1n) is 11.3. The molecule has 170 valence electrons. The summed E-state index contributed by atoms with van der Waals surface area (Å²) in [5, 5.41) is 4.39. The predicted octanol–water partition coefficient (Wildman–Crippen LogP) is 4.04. The Morgan fingerprint density at radius 3 is 2.42 bits per heavy atom. The lowest BCUT2D eigenvalue weighted by atomic mass is 9.62. The number of aryl methyl sites for hydroxylation is 2. The highest BCUT2D eigenvalue weighted by molar-refractivity contribution is 6.06. The summed E-state index contributed by atoms with van der Waals surface area (Å²) in [6.45, 7) is 5.10. The summed E-state index contributed by atoms with van der Waals surface area (Å²) in [7, 11) is 0. The van der Waals surface area contributed by atoms with Crippen molar-refractivity contribution in [3.8, 4) is 0 Å². The number of hydrogen-bond donors (Lipinski definition) is 0. The summed E-state index contributed by atoms with van der Waals surface area (Å²) in [5.74, 6) is -0.341. The molecule has 2 fully saturated rings. The molecule has 5 rings (SSSR count). The van der Waals surface area contributed by atoms with Gasteiger partial charge in [0.05, 0.1) is 17.2 Å². The van der Waals surface area contributed by atoms with Gasteiger partial charge < -0.3 is 9.80 Å². The fourth-order valence-electron chi connectivity index (χ4n) is 5.36. The molecule has 2 aromatic carbocycles. The van der Waals surface area contributed by atoms with Crippen molar-refractivity contribution in [2.24, 2.45) is 5.41 Å². The van der Waals surface area contributed by atoms with E-state index in [1.165, 1.54) is 12.1 Å². The van der Waals surface area contributed by atoms with Crippen LogP contribution in [0.4, 0.5) is 10.1 Å². The third-order valence-corrected chi connectivity index (χ3v) is 7.02. The molecule has 0 N–H and O–H groups in total. The molecular weight excluding hydrogens is 419 g/mol. The summed E-state index contributed by atoms with van der Waals surface area (Å²) in [6, 6.07) is 17.9. The number of aromatic nitrogens is 2. The normalized spacial score (nSPS) is 19.6. The molecule has 0 aliphatic carbocycles. The van der Waals surface area contributed by atoms with Crippen LogP contribution in [0.5, 0.6) is 0 Å². The van der Waals surface area contributed by atoms with Gasteiger partial charge in [0.2, 0.25) is 11.8 Å². The van der Waals surface area contributed by atoms with Gasteiger partial charge in [-0.2, -0.15) is 5.10 Å². The predicted molar refractivity (Wildman–Crippen MR) is 123 cm³/mol. The minimum Gasteiger partial charge on any atom is -0.341 e. The Bertz CT molecular complexity index is 1200. The first-order valence-corrected chi connectivity index (χ1v) is 11.3. The molecular formula is C26H27FN4O2. The Balaban J connectivity index is 1.37. The molecule has 6 nitrogen and oxygen atoms in total. The van der Waals surface area contributed by atoms with Gasteiger partial charge >= 0.3 is 0 Å². The Morgan fingerprint density at radius 1 is 1.06 bits per heavy atom. The third-order valence-electron chi connectivity index (χ3n) is 7.02. The van der Waals surface area contributed by atoms with E-state index in [-0.39, 0.29) is 30.2 Å². The van der Waals surface area contributed by atoms with Crippen molar-refractivity contribution in [3.05, 3.63) is 83.4 Å². The van der Waals surface area contributed by atoms with Crippen LogP contribution in [0.3, 0.4) is 0 Å². The number of halogens is 1. The standard InChI is InChI=1S/C26H27FN4O2/c1-18-15-19(2)30(28-18)17-23(32)29-13-11-26(12-14-29)24(20-7-4-3-5-8-20)31(25(26)33)22-10-6-9-21(27)16-22/h3-10,15-16,24H,11-14,17H2,1-2H3. The van der Waals surface area contributed by atoms with Crippen LogP contribution in [0.25, 0.3) is 0 Å². The van der Waals surface area contributed by atoms with Crippen LogP contribution in [-0.2, 0) is 16.1 Å². The topological polar surface area (TPSA) is 58.4 Å². The van der Waals surface area contributed by atoms with Gasteiger partial charge in [0.1, 0.15) is 12.4 Å². The number of anilines is 1. The SMILES string of the molecule is Cc1cc(C)n(CC(=O)N2CCC3(CC2)C(=O)N(c2cccc(F)c2)C3c2ccccc2)n1. The fourth-order valence-corrected chi connectivity index (χ4v) is 5.36. The molecule has 33 heavy (non-hydrogen) atoms. The van der Waals surface area contributed by atoms with E-state index in [2.05, 4.69) is 5.10 Å².